The maximum atomic E-state index is 9.28. The minimum Gasteiger partial charge on any atom is -0.390 e. The van der Waals surface area contributed by atoms with E-state index in [4.69, 9.17) is 0 Å². The van der Waals surface area contributed by atoms with Crippen LogP contribution in [0, 0.1) is 0 Å². The average Bonchev–Trinajstić information content (AvgIpc) is 3.18. The molecule has 0 saturated carbocycles. The molecule has 0 amide bonds. The average molecular weight is 304 g/mol. The van der Waals surface area contributed by atoms with Gasteiger partial charge in [0.1, 0.15) is 12.2 Å². The fourth-order valence-corrected chi connectivity index (χ4v) is 2.80. The lowest BCUT2D eigenvalue weighted by Crippen LogP contribution is -1.98. The lowest BCUT2D eigenvalue weighted by molar-refractivity contribution is 0.273. The second-order valence-electron chi connectivity index (χ2n) is 5.44. The molecular formula is C18H16N4O. The first-order chi connectivity index (χ1) is 11.3. The van der Waals surface area contributed by atoms with Crippen LogP contribution in [0.1, 0.15) is 5.69 Å². The van der Waals surface area contributed by atoms with E-state index in [1.165, 1.54) is 0 Å². The second-order valence-corrected chi connectivity index (χ2v) is 5.44. The van der Waals surface area contributed by atoms with Crippen molar-refractivity contribution in [3.8, 4) is 17.1 Å². The zero-order valence-electron chi connectivity index (χ0n) is 12.7. The molecule has 0 fully saturated rings. The van der Waals surface area contributed by atoms with E-state index < -0.39 is 0 Å². The van der Waals surface area contributed by atoms with Crippen LogP contribution < -0.4 is 0 Å². The van der Waals surface area contributed by atoms with Gasteiger partial charge in [-0.25, -0.2) is 9.97 Å². The predicted molar refractivity (Wildman–Crippen MR) is 89.2 cm³/mol. The van der Waals surface area contributed by atoms with Gasteiger partial charge in [-0.2, -0.15) is 0 Å². The summed E-state index contributed by atoms with van der Waals surface area (Å²) in [5.41, 5.74) is 4.93. The van der Waals surface area contributed by atoms with Crippen LogP contribution in [0.3, 0.4) is 0 Å². The summed E-state index contributed by atoms with van der Waals surface area (Å²) < 4.78 is 3.97. The van der Waals surface area contributed by atoms with Gasteiger partial charge in [0.2, 0.25) is 0 Å². The number of hydrogen-bond donors (Lipinski definition) is 1. The van der Waals surface area contributed by atoms with Crippen molar-refractivity contribution in [2.45, 2.75) is 6.61 Å². The molecule has 114 valence electrons. The van der Waals surface area contributed by atoms with E-state index in [0.717, 1.165) is 33.8 Å². The lowest BCUT2D eigenvalue weighted by atomic mass is 10.2. The van der Waals surface area contributed by atoms with E-state index in [1.54, 1.807) is 6.20 Å². The molecular weight excluding hydrogens is 288 g/mol. The van der Waals surface area contributed by atoms with Gasteiger partial charge in [-0.1, -0.05) is 12.1 Å². The molecule has 2 heterocycles. The molecule has 1 N–H and O–H groups in total. The van der Waals surface area contributed by atoms with Gasteiger partial charge in [-0.05, 0) is 36.4 Å². The standard InChI is InChI=1S/C18H16N4O/c1-21-15(11-23)10-19-18(21)13-6-8-14(9-7-13)22-12-20-16-4-2-3-5-17(16)22/h2-10,12,23H,11H2,1H3. The second kappa shape index (κ2) is 5.37. The Balaban J connectivity index is 1.74. The highest BCUT2D eigenvalue weighted by atomic mass is 16.3. The van der Waals surface area contributed by atoms with Crippen molar-refractivity contribution in [3.05, 3.63) is 66.7 Å². The summed E-state index contributed by atoms with van der Waals surface area (Å²) in [5.74, 6) is 0.844. The van der Waals surface area contributed by atoms with E-state index in [1.807, 2.05) is 48.3 Å². The Labute approximate surface area is 133 Å². The highest BCUT2D eigenvalue weighted by molar-refractivity contribution is 5.77. The molecule has 5 nitrogen and oxygen atoms in total. The first kappa shape index (κ1) is 13.7. The SMILES string of the molecule is Cn1c(CO)cnc1-c1ccc(-n2cnc3ccccc32)cc1. The molecule has 2 aromatic carbocycles. The van der Waals surface area contributed by atoms with Gasteiger partial charge < -0.3 is 9.67 Å². The fraction of sp³-hybridized carbons (Fsp3) is 0.111. The Morgan fingerprint density at radius 3 is 2.52 bits per heavy atom. The fourth-order valence-electron chi connectivity index (χ4n) is 2.80. The highest BCUT2D eigenvalue weighted by Gasteiger charge is 2.09. The zero-order chi connectivity index (χ0) is 15.8. The number of nitrogens with zero attached hydrogens (tertiary/aromatic N) is 4. The lowest BCUT2D eigenvalue weighted by Gasteiger charge is -2.07. The summed E-state index contributed by atoms with van der Waals surface area (Å²) in [6, 6.07) is 16.2. The van der Waals surface area contributed by atoms with Crippen molar-refractivity contribution in [1.82, 2.24) is 19.1 Å². The first-order valence-corrected chi connectivity index (χ1v) is 7.42. The smallest absolute Gasteiger partial charge is 0.139 e. The minimum atomic E-state index is -0.0113. The van der Waals surface area contributed by atoms with E-state index in [0.29, 0.717) is 0 Å². The van der Waals surface area contributed by atoms with Crippen molar-refractivity contribution in [2.75, 3.05) is 0 Å². The molecule has 4 rings (SSSR count). The number of aromatic nitrogens is 4. The summed E-state index contributed by atoms with van der Waals surface area (Å²) in [6.45, 7) is -0.0113. The molecule has 0 atom stereocenters. The van der Waals surface area contributed by atoms with Crippen LogP contribution in [0.5, 0.6) is 0 Å². The van der Waals surface area contributed by atoms with E-state index >= 15 is 0 Å². The van der Waals surface area contributed by atoms with Crippen LogP contribution in [0.4, 0.5) is 0 Å². The maximum Gasteiger partial charge on any atom is 0.139 e. The summed E-state index contributed by atoms with van der Waals surface area (Å²) in [6.07, 6.45) is 3.54. The summed E-state index contributed by atoms with van der Waals surface area (Å²) in [7, 11) is 1.91. The third-order valence-corrected chi connectivity index (χ3v) is 4.10. The number of fused-ring (bicyclic) bond motifs is 1. The monoisotopic (exact) mass is 304 g/mol. The minimum absolute atomic E-state index is 0.0113. The number of para-hydroxylation sites is 2. The molecule has 0 saturated heterocycles. The summed E-state index contributed by atoms with van der Waals surface area (Å²) in [4.78, 5) is 8.81. The quantitative estimate of drug-likeness (QED) is 0.633. The van der Waals surface area contributed by atoms with Crippen LogP contribution >= 0.6 is 0 Å². The van der Waals surface area contributed by atoms with Crippen LogP contribution in [0.25, 0.3) is 28.1 Å². The molecule has 4 aromatic rings. The largest absolute Gasteiger partial charge is 0.390 e. The van der Waals surface area contributed by atoms with Gasteiger partial charge in [-0.3, -0.25) is 4.57 Å². The summed E-state index contributed by atoms with van der Waals surface area (Å²) >= 11 is 0. The van der Waals surface area contributed by atoms with E-state index in [-0.39, 0.29) is 6.61 Å². The van der Waals surface area contributed by atoms with Crippen molar-refractivity contribution in [1.29, 1.82) is 0 Å². The van der Waals surface area contributed by atoms with Gasteiger partial charge in [0, 0.05) is 18.3 Å². The molecule has 0 bridgehead atoms. The molecule has 5 heteroatoms. The Morgan fingerprint density at radius 2 is 1.78 bits per heavy atom. The Bertz CT molecular complexity index is 966. The molecule has 0 unspecified atom stereocenters. The molecule has 0 aliphatic heterocycles. The molecule has 2 aromatic heterocycles. The highest BCUT2D eigenvalue weighted by Crippen LogP contribution is 2.23. The molecule has 0 aliphatic rings. The van der Waals surface area contributed by atoms with Crippen LogP contribution in [0.15, 0.2) is 61.1 Å². The topological polar surface area (TPSA) is 55.9 Å². The maximum absolute atomic E-state index is 9.28. The Hall–Kier alpha value is -2.92. The predicted octanol–water partition coefficient (Wildman–Crippen LogP) is 2.92. The molecule has 0 radical (unpaired) electrons. The number of aliphatic hydroxyl groups is 1. The molecule has 0 spiro atoms. The van der Waals surface area contributed by atoms with E-state index in [2.05, 4.69) is 32.7 Å². The van der Waals surface area contributed by atoms with Crippen LogP contribution in [0.2, 0.25) is 0 Å². The molecule has 0 aliphatic carbocycles. The van der Waals surface area contributed by atoms with Crippen LogP contribution in [-0.4, -0.2) is 24.2 Å². The number of benzene rings is 2. The Morgan fingerprint density at radius 1 is 1.00 bits per heavy atom. The third-order valence-electron chi connectivity index (χ3n) is 4.10. The van der Waals surface area contributed by atoms with Gasteiger partial charge in [-0.15, -0.1) is 0 Å². The number of hydrogen-bond acceptors (Lipinski definition) is 3. The zero-order valence-corrected chi connectivity index (χ0v) is 12.7. The van der Waals surface area contributed by atoms with Crippen molar-refractivity contribution in [3.63, 3.8) is 0 Å². The Kier molecular flexibility index (Phi) is 3.20. The van der Waals surface area contributed by atoms with Gasteiger partial charge in [0.05, 0.1) is 29.5 Å². The van der Waals surface area contributed by atoms with E-state index in [9.17, 15) is 5.11 Å². The van der Waals surface area contributed by atoms with Gasteiger partial charge in [0.25, 0.3) is 0 Å². The van der Waals surface area contributed by atoms with Crippen molar-refractivity contribution >= 4 is 11.0 Å². The van der Waals surface area contributed by atoms with Crippen molar-refractivity contribution < 1.29 is 5.11 Å². The van der Waals surface area contributed by atoms with Crippen LogP contribution in [-0.2, 0) is 13.7 Å². The van der Waals surface area contributed by atoms with Crippen molar-refractivity contribution in [2.24, 2.45) is 7.05 Å². The normalized spacial score (nSPS) is 11.2. The van der Waals surface area contributed by atoms with Gasteiger partial charge >= 0.3 is 0 Å². The number of imidazole rings is 2. The number of aliphatic hydroxyl groups excluding tert-OH is 1. The number of rotatable bonds is 3. The van der Waals surface area contributed by atoms with Gasteiger partial charge in [0.15, 0.2) is 0 Å². The third kappa shape index (κ3) is 2.22. The molecule has 23 heavy (non-hydrogen) atoms. The first-order valence-electron chi connectivity index (χ1n) is 7.42. The summed E-state index contributed by atoms with van der Waals surface area (Å²) in [5, 5.41) is 9.28.